The second kappa shape index (κ2) is 8.19. The highest BCUT2D eigenvalue weighted by Gasteiger charge is 2.37. The molecule has 1 aliphatic heterocycles. The van der Waals surface area contributed by atoms with Crippen LogP contribution in [0.3, 0.4) is 0 Å². The number of hydrogen-bond acceptors (Lipinski definition) is 7. The fraction of sp³-hybridized carbons (Fsp3) is 0.238. The Balaban J connectivity index is 1.76. The highest BCUT2D eigenvalue weighted by Crippen LogP contribution is 2.33. The van der Waals surface area contributed by atoms with E-state index in [-0.39, 0.29) is 10.5 Å². The molecule has 3 rings (SSSR count). The van der Waals surface area contributed by atoms with E-state index in [1.807, 2.05) is 0 Å². The third kappa shape index (κ3) is 4.98. The average Bonchev–Trinajstić information content (AvgIpc) is 3.21. The van der Waals surface area contributed by atoms with Crippen molar-refractivity contribution in [1.29, 1.82) is 0 Å². The molecular weight excluding hydrogens is 410 g/mol. The Morgan fingerprint density at radius 2 is 1.93 bits per heavy atom. The standard InChI is InChI=1S/C21H19NO7S/c1-21(2,3)29-17(23)11-22-18(24)16(30-20(22)27)10-14-7-8-15(28-14)12-5-4-6-13(9-12)19(25)26/h4-10H,11H2,1-3H3,(H,25,26)/b16-10+. The molecule has 2 aromatic rings. The molecule has 0 unspecified atom stereocenters. The van der Waals surface area contributed by atoms with Crippen LogP contribution < -0.4 is 0 Å². The molecule has 0 radical (unpaired) electrons. The van der Waals surface area contributed by atoms with Gasteiger partial charge in [-0.2, -0.15) is 0 Å². The molecule has 8 nitrogen and oxygen atoms in total. The lowest BCUT2D eigenvalue weighted by atomic mass is 10.1. The van der Waals surface area contributed by atoms with Gasteiger partial charge in [0, 0.05) is 11.6 Å². The smallest absolute Gasteiger partial charge is 0.335 e. The van der Waals surface area contributed by atoms with Crippen molar-refractivity contribution < 1.29 is 33.4 Å². The summed E-state index contributed by atoms with van der Waals surface area (Å²) in [5.74, 6) is -1.61. The molecule has 0 spiro atoms. The van der Waals surface area contributed by atoms with Crippen LogP contribution in [0.5, 0.6) is 0 Å². The summed E-state index contributed by atoms with van der Waals surface area (Å²) < 4.78 is 10.8. The van der Waals surface area contributed by atoms with Crippen LogP contribution in [-0.4, -0.2) is 45.2 Å². The van der Waals surface area contributed by atoms with Gasteiger partial charge < -0.3 is 14.3 Å². The van der Waals surface area contributed by atoms with Crippen LogP contribution in [0.25, 0.3) is 17.4 Å². The van der Waals surface area contributed by atoms with Crippen molar-refractivity contribution in [3.63, 3.8) is 0 Å². The summed E-state index contributed by atoms with van der Waals surface area (Å²) >= 11 is 0.701. The van der Waals surface area contributed by atoms with Gasteiger partial charge in [-0.05, 0) is 56.8 Å². The first-order valence-corrected chi connectivity index (χ1v) is 9.76. The van der Waals surface area contributed by atoms with Crippen molar-refractivity contribution >= 4 is 40.9 Å². The molecular formula is C21H19NO7S. The van der Waals surface area contributed by atoms with Gasteiger partial charge in [0.2, 0.25) is 0 Å². The predicted molar refractivity (Wildman–Crippen MR) is 110 cm³/mol. The Bertz CT molecular complexity index is 1060. The molecule has 1 aliphatic rings. The van der Waals surface area contributed by atoms with Crippen LogP contribution in [0.2, 0.25) is 0 Å². The van der Waals surface area contributed by atoms with E-state index in [9.17, 15) is 19.2 Å². The van der Waals surface area contributed by atoms with E-state index < -0.39 is 35.2 Å². The number of thioether (sulfide) groups is 1. The Morgan fingerprint density at radius 1 is 1.20 bits per heavy atom. The van der Waals surface area contributed by atoms with Gasteiger partial charge in [-0.15, -0.1) is 0 Å². The fourth-order valence-electron chi connectivity index (χ4n) is 2.66. The average molecular weight is 429 g/mol. The zero-order valence-electron chi connectivity index (χ0n) is 16.5. The van der Waals surface area contributed by atoms with Gasteiger partial charge in [0.25, 0.3) is 11.1 Å². The first-order valence-electron chi connectivity index (χ1n) is 8.94. The quantitative estimate of drug-likeness (QED) is 0.560. The third-order valence-electron chi connectivity index (χ3n) is 3.88. The Labute approximate surface area is 176 Å². The first-order chi connectivity index (χ1) is 14.0. The Kier molecular flexibility index (Phi) is 5.84. The van der Waals surface area contributed by atoms with Gasteiger partial charge in [0.1, 0.15) is 23.7 Å². The van der Waals surface area contributed by atoms with Crippen LogP contribution in [0, 0.1) is 0 Å². The van der Waals surface area contributed by atoms with E-state index in [0.717, 1.165) is 4.90 Å². The summed E-state index contributed by atoms with van der Waals surface area (Å²) in [6, 6.07) is 9.48. The minimum Gasteiger partial charge on any atom is -0.478 e. The van der Waals surface area contributed by atoms with Crippen LogP contribution in [0.15, 0.2) is 45.7 Å². The molecule has 1 fully saturated rings. The second-order valence-corrected chi connectivity index (χ2v) is 8.44. The molecule has 1 aromatic heterocycles. The monoisotopic (exact) mass is 429 g/mol. The van der Waals surface area contributed by atoms with Crippen LogP contribution in [0.1, 0.15) is 36.9 Å². The normalized spacial score (nSPS) is 15.7. The molecule has 1 saturated heterocycles. The summed E-state index contributed by atoms with van der Waals surface area (Å²) in [5, 5.41) is 8.53. The molecule has 0 bridgehead atoms. The van der Waals surface area contributed by atoms with E-state index in [1.165, 1.54) is 18.2 Å². The molecule has 156 valence electrons. The van der Waals surface area contributed by atoms with E-state index in [4.69, 9.17) is 14.3 Å². The summed E-state index contributed by atoms with van der Waals surface area (Å²) in [6.07, 6.45) is 1.41. The summed E-state index contributed by atoms with van der Waals surface area (Å²) in [7, 11) is 0. The topological polar surface area (TPSA) is 114 Å². The number of carbonyl (C=O) groups is 4. The highest BCUT2D eigenvalue weighted by molar-refractivity contribution is 8.18. The SMILES string of the molecule is CC(C)(C)OC(=O)CN1C(=O)S/C(=C/c2ccc(-c3cccc(C(=O)O)c3)o2)C1=O. The molecule has 2 heterocycles. The third-order valence-corrected chi connectivity index (χ3v) is 4.78. The maximum atomic E-state index is 12.5. The number of rotatable bonds is 5. The molecule has 0 aliphatic carbocycles. The number of ether oxygens (including phenoxy) is 1. The molecule has 1 aromatic carbocycles. The van der Waals surface area contributed by atoms with Gasteiger partial charge in [-0.25, -0.2) is 4.79 Å². The number of carboxylic acids is 1. The maximum absolute atomic E-state index is 12.5. The summed E-state index contributed by atoms with van der Waals surface area (Å²) in [5.41, 5.74) is -0.0432. The number of carboxylic acid groups (broad SMARTS) is 1. The lowest BCUT2D eigenvalue weighted by Gasteiger charge is -2.21. The van der Waals surface area contributed by atoms with Crippen molar-refractivity contribution in [2.75, 3.05) is 6.54 Å². The van der Waals surface area contributed by atoms with Crippen molar-refractivity contribution in [1.82, 2.24) is 4.90 Å². The minimum absolute atomic E-state index is 0.115. The molecule has 9 heteroatoms. The molecule has 0 atom stereocenters. The number of esters is 1. The Hall–Kier alpha value is -3.33. The van der Waals surface area contributed by atoms with Gasteiger partial charge in [0.15, 0.2) is 0 Å². The van der Waals surface area contributed by atoms with E-state index in [1.54, 1.807) is 45.0 Å². The molecule has 30 heavy (non-hydrogen) atoms. The number of carbonyl (C=O) groups excluding carboxylic acids is 3. The van der Waals surface area contributed by atoms with Crippen molar-refractivity contribution in [3.05, 3.63) is 52.6 Å². The van der Waals surface area contributed by atoms with Crippen molar-refractivity contribution in [2.24, 2.45) is 0 Å². The molecule has 2 amide bonds. The minimum atomic E-state index is -1.05. The number of nitrogens with zero attached hydrogens (tertiary/aromatic N) is 1. The van der Waals surface area contributed by atoms with Crippen LogP contribution >= 0.6 is 11.8 Å². The second-order valence-electron chi connectivity index (χ2n) is 7.44. The zero-order chi connectivity index (χ0) is 22.1. The Morgan fingerprint density at radius 3 is 2.60 bits per heavy atom. The number of imide groups is 1. The fourth-order valence-corrected chi connectivity index (χ4v) is 3.48. The predicted octanol–water partition coefficient (Wildman–Crippen LogP) is 4.02. The van der Waals surface area contributed by atoms with E-state index in [0.29, 0.717) is 28.8 Å². The lowest BCUT2D eigenvalue weighted by Crippen LogP contribution is -2.37. The van der Waals surface area contributed by atoms with Gasteiger partial charge in [0.05, 0.1) is 10.5 Å². The van der Waals surface area contributed by atoms with Crippen molar-refractivity contribution in [2.45, 2.75) is 26.4 Å². The number of amides is 2. The number of aromatic carboxylic acids is 1. The largest absolute Gasteiger partial charge is 0.478 e. The maximum Gasteiger partial charge on any atom is 0.335 e. The highest BCUT2D eigenvalue weighted by atomic mass is 32.2. The van der Waals surface area contributed by atoms with Crippen LogP contribution in [0.4, 0.5) is 4.79 Å². The van der Waals surface area contributed by atoms with Crippen molar-refractivity contribution in [3.8, 4) is 11.3 Å². The number of furan rings is 1. The van der Waals surface area contributed by atoms with Gasteiger partial charge in [-0.3, -0.25) is 19.3 Å². The molecule has 1 N–H and O–H groups in total. The van der Waals surface area contributed by atoms with E-state index >= 15 is 0 Å². The van der Waals surface area contributed by atoms with E-state index in [2.05, 4.69) is 0 Å². The number of hydrogen-bond donors (Lipinski definition) is 1. The summed E-state index contributed by atoms with van der Waals surface area (Å²) in [4.78, 5) is 48.7. The first kappa shape index (κ1) is 21.4. The molecule has 0 saturated carbocycles. The zero-order valence-corrected chi connectivity index (χ0v) is 17.3. The van der Waals surface area contributed by atoms with Crippen LogP contribution in [-0.2, 0) is 14.3 Å². The summed E-state index contributed by atoms with van der Waals surface area (Å²) in [6.45, 7) is 4.61. The lowest BCUT2D eigenvalue weighted by molar-refractivity contribution is -0.156. The van der Waals surface area contributed by atoms with Gasteiger partial charge in [-0.1, -0.05) is 12.1 Å². The van der Waals surface area contributed by atoms with Gasteiger partial charge >= 0.3 is 11.9 Å². The number of benzene rings is 1.